The standard InChI is InChI=1S/C8H11N3O/c9-6-4-5-2-1-3-10-8(12)7(5)11-6/h4,11H,1-3,9H2,(H,10,12). The van der Waals surface area contributed by atoms with Crippen LogP contribution in [0.3, 0.4) is 0 Å². The van der Waals surface area contributed by atoms with Crippen LogP contribution in [-0.2, 0) is 6.42 Å². The number of carbonyl (C=O) groups excluding carboxylic acids is 1. The lowest BCUT2D eigenvalue weighted by atomic mass is 10.1. The maximum atomic E-state index is 11.3. The second-order valence-electron chi connectivity index (χ2n) is 2.98. The van der Waals surface area contributed by atoms with Crippen molar-refractivity contribution in [2.24, 2.45) is 0 Å². The molecule has 4 heteroatoms. The lowest BCUT2D eigenvalue weighted by Gasteiger charge is -1.96. The van der Waals surface area contributed by atoms with Gasteiger partial charge in [-0.15, -0.1) is 0 Å². The molecule has 0 unspecified atom stereocenters. The summed E-state index contributed by atoms with van der Waals surface area (Å²) in [4.78, 5) is 14.2. The Balaban J connectivity index is 2.44. The SMILES string of the molecule is Nc1cc2c([nH]1)C(=O)NCCC2. The Kier molecular flexibility index (Phi) is 1.53. The smallest absolute Gasteiger partial charge is 0.268 e. The first-order valence-corrected chi connectivity index (χ1v) is 4.03. The van der Waals surface area contributed by atoms with Crippen LogP contribution in [0.5, 0.6) is 0 Å². The summed E-state index contributed by atoms with van der Waals surface area (Å²) in [5, 5.41) is 2.79. The normalized spacial score (nSPS) is 16.5. The molecule has 2 rings (SSSR count). The molecule has 2 heterocycles. The molecule has 0 saturated heterocycles. The third-order valence-electron chi connectivity index (χ3n) is 2.06. The van der Waals surface area contributed by atoms with Crippen LogP contribution in [0.2, 0.25) is 0 Å². The summed E-state index contributed by atoms with van der Waals surface area (Å²) in [7, 11) is 0. The minimum Gasteiger partial charge on any atom is -0.385 e. The predicted octanol–water partition coefficient (Wildman–Crippen LogP) is 0.273. The van der Waals surface area contributed by atoms with Crippen molar-refractivity contribution in [3.8, 4) is 0 Å². The number of carbonyl (C=O) groups is 1. The van der Waals surface area contributed by atoms with Crippen molar-refractivity contribution in [1.29, 1.82) is 0 Å². The van der Waals surface area contributed by atoms with Gasteiger partial charge in [-0.3, -0.25) is 4.79 Å². The lowest BCUT2D eigenvalue weighted by molar-refractivity contribution is 0.0952. The van der Waals surface area contributed by atoms with Gasteiger partial charge in [0, 0.05) is 6.54 Å². The van der Waals surface area contributed by atoms with Gasteiger partial charge >= 0.3 is 0 Å². The highest BCUT2D eigenvalue weighted by atomic mass is 16.1. The highest BCUT2D eigenvalue weighted by Crippen LogP contribution is 2.16. The maximum absolute atomic E-state index is 11.3. The van der Waals surface area contributed by atoms with Crippen LogP contribution >= 0.6 is 0 Å². The second-order valence-corrected chi connectivity index (χ2v) is 2.98. The molecule has 1 aromatic heterocycles. The number of nitrogens with one attached hydrogen (secondary N) is 2. The van der Waals surface area contributed by atoms with E-state index < -0.39 is 0 Å². The molecule has 4 N–H and O–H groups in total. The van der Waals surface area contributed by atoms with Crippen molar-refractivity contribution >= 4 is 11.7 Å². The number of nitrogen functional groups attached to an aromatic ring is 1. The number of hydrogen-bond donors (Lipinski definition) is 3. The van der Waals surface area contributed by atoms with Gasteiger partial charge in [-0.2, -0.15) is 0 Å². The lowest BCUT2D eigenvalue weighted by Crippen LogP contribution is -2.23. The van der Waals surface area contributed by atoms with Crippen LogP contribution < -0.4 is 11.1 Å². The van der Waals surface area contributed by atoms with Crippen LogP contribution in [0, 0.1) is 0 Å². The number of H-pyrrole nitrogens is 1. The predicted molar refractivity (Wildman–Crippen MR) is 45.9 cm³/mol. The topological polar surface area (TPSA) is 70.9 Å². The van der Waals surface area contributed by atoms with E-state index in [0.29, 0.717) is 11.5 Å². The summed E-state index contributed by atoms with van der Waals surface area (Å²) in [6.45, 7) is 0.751. The molecule has 0 bridgehead atoms. The number of rotatable bonds is 0. The van der Waals surface area contributed by atoms with Gasteiger partial charge in [-0.05, 0) is 24.5 Å². The largest absolute Gasteiger partial charge is 0.385 e. The molecule has 1 aromatic rings. The van der Waals surface area contributed by atoms with Crippen LogP contribution in [-0.4, -0.2) is 17.4 Å². The van der Waals surface area contributed by atoms with Gasteiger partial charge in [0.1, 0.15) is 11.5 Å². The number of aryl methyl sites for hydroxylation is 1. The van der Waals surface area contributed by atoms with E-state index in [-0.39, 0.29) is 5.91 Å². The molecule has 4 nitrogen and oxygen atoms in total. The Morgan fingerprint density at radius 1 is 1.50 bits per heavy atom. The third kappa shape index (κ3) is 1.05. The second kappa shape index (κ2) is 2.55. The Bertz CT molecular complexity index is 316. The maximum Gasteiger partial charge on any atom is 0.268 e. The van der Waals surface area contributed by atoms with Crippen molar-refractivity contribution in [2.75, 3.05) is 12.3 Å². The summed E-state index contributed by atoms with van der Waals surface area (Å²) < 4.78 is 0. The summed E-state index contributed by atoms with van der Waals surface area (Å²) in [5.41, 5.74) is 7.20. The van der Waals surface area contributed by atoms with Gasteiger partial charge < -0.3 is 16.0 Å². The fourth-order valence-electron chi connectivity index (χ4n) is 1.49. The van der Waals surface area contributed by atoms with E-state index in [1.165, 1.54) is 0 Å². The van der Waals surface area contributed by atoms with E-state index in [0.717, 1.165) is 24.9 Å². The molecular formula is C8H11N3O. The minimum atomic E-state index is -0.0424. The average molecular weight is 165 g/mol. The number of nitrogens with two attached hydrogens (primary N) is 1. The highest BCUT2D eigenvalue weighted by molar-refractivity contribution is 5.94. The van der Waals surface area contributed by atoms with Crippen LogP contribution in [0.25, 0.3) is 0 Å². The molecule has 1 amide bonds. The minimum absolute atomic E-state index is 0.0424. The summed E-state index contributed by atoms with van der Waals surface area (Å²) in [6.07, 6.45) is 1.90. The number of amides is 1. The zero-order chi connectivity index (χ0) is 8.55. The van der Waals surface area contributed by atoms with E-state index >= 15 is 0 Å². The zero-order valence-corrected chi connectivity index (χ0v) is 6.68. The van der Waals surface area contributed by atoms with E-state index in [1.54, 1.807) is 0 Å². The quantitative estimate of drug-likeness (QED) is 0.516. The first kappa shape index (κ1) is 7.21. The number of hydrogen-bond acceptors (Lipinski definition) is 2. The molecule has 0 aliphatic carbocycles. The number of anilines is 1. The molecule has 1 aliphatic heterocycles. The van der Waals surface area contributed by atoms with Crippen molar-refractivity contribution in [3.63, 3.8) is 0 Å². The van der Waals surface area contributed by atoms with Gasteiger partial charge in [0.05, 0.1) is 0 Å². The zero-order valence-electron chi connectivity index (χ0n) is 6.68. The monoisotopic (exact) mass is 165 g/mol. The number of aromatic nitrogens is 1. The van der Waals surface area contributed by atoms with Crippen molar-refractivity contribution in [2.45, 2.75) is 12.8 Å². The first-order chi connectivity index (χ1) is 5.77. The molecular weight excluding hydrogens is 154 g/mol. The Hall–Kier alpha value is -1.45. The Morgan fingerprint density at radius 2 is 2.33 bits per heavy atom. The van der Waals surface area contributed by atoms with E-state index in [2.05, 4.69) is 10.3 Å². The summed E-state index contributed by atoms with van der Waals surface area (Å²) in [6, 6.07) is 1.83. The van der Waals surface area contributed by atoms with Crippen molar-refractivity contribution in [3.05, 3.63) is 17.3 Å². The van der Waals surface area contributed by atoms with Crippen molar-refractivity contribution < 1.29 is 4.79 Å². The molecule has 0 aromatic carbocycles. The van der Waals surface area contributed by atoms with Crippen LogP contribution in [0.1, 0.15) is 22.5 Å². The van der Waals surface area contributed by atoms with Crippen LogP contribution in [0.4, 0.5) is 5.82 Å². The van der Waals surface area contributed by atoms with Gasteiger partial charge in [0.2, 0.25) is 0 Å². The molecule has 1 aliphatic rings. The fraction of sp³-hybridized carbons (Fsp3) is 0.375. The van der Waals surface area contributed by atoms with Gasteiger partial charge in [-0.25, -0.2) is 0 Å². The van der Waals surface area contributed by atoms with Gasteiger partial charge in [0.25, 0.3) is 5.91 Å². The van der Waals surface area contributed by atoms with E-state index in [4.69, 9.17) is 5.73 Å². The average Bonchev–Trinajstić information content (AvgIpc) is 2.33. The highest BCUT2D eigenvalue weighted by Gasteiger charge is 2.16. The van der Waals surface area contributed by atoms with E-state index in [1.807, 2.05) is 6.07 Å². The molecule has 0 spiro atoms. The molecule has 64 valence electrons. The summed E-state index contributed by atoms with van der Waals surface area (Å²) >= 11 is 0. The van der Waals surface area contributed by atoms with Gasteiger partial charge in [0.15, 0.2) is 0 Å². The van der Waals surface area contributed by atoms with E-state index in [9.17, 15) is 4.79 Å². The Labute approximate surface area is 70.1 Å². The Morgan fingerprint density at radius 3 is 3.17 bits per heavy atom. The number of fused-ring (bicyclic) bond motifs is 1. The molecule has 0 atom stereocenters. The number of aromatic amines is 1. The molecule has 0 saturated carbocycles. The van der Waals surface area contributed by atoms with Crippen LogP contribution in [0.15, 0.2) is 6.07 Å². The molecule has 0 radical (unpaired) electrons. The fourth-order valence-corrected chi connectivity index (χ4v) is 1.49. The van der Waals surface area contributed by atoms with Crippen molar-refractivity contribution in [1.82, 2.24) is 10.3 Å². The van der Waals surface area contributed by atoms with Gasteiger partial charge in [-0.1, -0.05) is 0 Å². The molecule has 12 heavy (non-hydrogen) atoms. The summed E-state index contributed by atoms with van der Waals surface area (Å²) in [5.74, 6) is 0.524. The first-order valence-electron chi connectivity index (χ1n) is 4.03. The molecule has 0 fully saturated rings. The third-order valence-corrected chi connectivity index (χ3v) is 2.06.